The maximum absolute atomic E-state index is 14.1. The van der Waals surface area contributed by atoms with E-state index < -0.39 is 10.0 Å². The van der Waals surface area contributed by atoms with Crippen LogP contribution in [0.15, 0.2) is 59.5 Å². The summed E-state index contributed by atoms with van der Waals surface area (Å²) < 4.78 is 35.3. The highest BCUT2D eigenvalue weighted by atomic mass is 32.2. The molecule has 6 rings (SSSR count). The van der Waals surface area contributed by atoms with E-state index in [4.69, 9.17) is 4.74 Å². The Kier molecular flexibility index (Phi) is 7.40. The first-order chi connectivity index (χ1) is 19.7. The van der Waals surface area contributed by atoms with Crippen molar-refractivity contribution in [1.82, 2.24) is 9.21 Å². The molecule has 8 nitrogen and oxygen atoms in total. The highest BCUT2D eigenvalue weighted by Crippen LogP contribution is 2.43. The van der Waals surface area contributed by atoms with Crippen molar-refractivity contribution in [3.05, 3.63) is 76.9 Å². The van der Waals surface area contributed by atoms with Crippen molar-refractivity contribution in [2.75, 3.05) is 38.2 Å². The topological polar surface area (TPSA) is 99.2 Å². The summed E-state index contributed by atoms with van der Waals surface area (Å²) in [6.45, 7) is 7.51. The van der Waals surface area contributed by atoms with Crippen molar-refractivity contribution >= 4 is 21.6 Å². The second-order valence-electron chi connectivity index (χ2n) is 11.5. The quantitative estimate of drug-likeness (QED) is 0.473. The first-order valence-electron chi connectivity index (χ1n) is 14.3. The van der Waals surface area contributed by atoms with Gasteiger partial charge in [0, 0.05) is 37.2 Å². The summed E-state index contributed by atoms with van der Waals surface area (Å²) in [6, 6.07) is 18.0. The number of anilines is 1. The van der Waals surface area contributed by atoms with Gasteiger partial charge in [0.05, 0.1) is 17.2 Å². The summed E-state index contributed by atoms with van der Waals surface area (Å²) in [5.74, 6) is 0.132. The second-order valence-corrected chi connectivity index (χ2v) is 13.4. The minimum Gasteiger partial charge on any atom is -0.482 e. The van der Waals surface area contributed by atoms with Gasteiger partial charge in [0.1, 0.15) is 5.75 Å². The molecule has 0 bridgehead atoms. The number of fused-ring (bicyclic) bond motifs is 2. The van der Waals surface area contributed by atoms with Gasteiger partial charge >= 0.3 is 0 Å². The average molecular weight is 576 g/mol. The predicted octanol–water partition coefficient (Wildman–Crippen LogP) is 4.22. The van der Waals surface area contributed by atoms with Gasteiger partial charge in [-0.05, 0) is 79.6 Å². The van der Waals surface area contributed by atoms with Crippen molar-refractivity contribution in [3.63, 3.8) is 0 Å². The van der Waals surface area contributed by atoms with Crippen LogP contribution in [0.25, 0.3) is 11.1 Å². The number of hydrogen-bond acceptors (Lipinski definition) is 6. The van der Waals surface area contributed by atoms with Crippen LogP contribution in [0.1, 0.15) is 41.0 Å². The van der Waals surface area contributed by atoms with Crippen LogP contribution in [0.3, 0.4) is 0 Å². The molecule has 41 heavy (non-hydrogen) atoms. The number of amides is 1. The molecule has 2 fully saturated rings. The molecule has 0 aromatic heterocycles. The Morgan fingerprint density at radius 3 is 2.51 bits per heavy atom. The zero-order valence-electron chi connectivity index (χ0n) is 23.8. The third-order valence-corrected chi connectivity index (χ3v) is 11.1. The van der Waals surface area contributed by atoms with Gasteiger partial charge in [-0.3, -0.25) is 9.69 Å². The van der Waals surface area contributed by atoms with Crippen molar-refractivity contribution in [2.24, 2.45) is 0 Å². The van der Waals surface area contributed by atoms with Gasteiger partial charge in [-0.2, -0.15) is 4.31 Å². The van der Waals surface area contributed by atoms with E-state index in [-0.39, 0.29) is 42.0 Å². The Balaban J connectivity index is 1.29. The lowest BCUT2D eigenvalue weighted by atomic mass is 9.74. The van der Waals surface area contributed by atoms with Crippen molar-refractivity contribution in [3.8, 4) is 16.9 Å². The molecule has 9 heteroatoms. The molecule has 3 aliphatic rings. The smallest absolute Gasteiger partial charge is 0.262 e. The maximum atomic E-state index is 14.1. The number of nitrogens with zero attached hydrogens (tertiary/aromatic N) is 2. The van der Waals surface area contributed by atoms with Gasteiger partial charge in [0.2, 0.25) is 10.0 Å². The normalized spacial score (nSPS) is 23.3. The van der Waals surface area contributed by atoms with Crippen molar-refractivity contribution in [1.29, 1.82) is 0 Å². The molecule has 0 radical (unpaired) electrons. The highest BCUT2D eigenvalue weighted by molar-refractivity contribution is 7.89. The van der Waals surface area contributed by atoms with Crippen LogP contribution in [0.5, 0.6) is 5.75 Å². The Bertz CT molecular complexity index is 1590. The summed E-state index contributed by atoms with van der Waals surface area (Å²) in [4.78, 5) is 14.2. The fourth-order valence-electron chi connectivity index (χ4n) is 6.71. The van der Waals surface area contributed by atoms with Crippen LogP contribution in [0.2, 0.25) is 0 Å². The number of benzene rings is 3. The molecule has 3 aromatic carbocycles. The lowest BCUT2D eigenvalue weighted by molar-refractivity contribution is -0.118. The Morgan fingerprint density at radius 1 is 1.00 bits per heavy atom. The molecule has 2 saturated heterocycles. The molecule has 0 aliphatic carbocycles. The molecule has 3 aromatic rings. The molecule has 0 spiro atoms. The number of nitrogens with one attached hydrogen (secondary N) is 1. The fraction of sp³-hybridized carbons (Fsp3) is 0.406. The van der Waals surface area contributed by atoms with Crippen molar-refractivity contribution < 1.29 is 23.1 Å². The number of aryl methyl sites for hydroxylation is 2. The van der Waals surface area contributed by atoms with E-state index in [0.717, 1.165) is 30.5 Å². The number of hydrogen-bond donors (Lipinski definition) is 2. The SMILES string of the molecule is Cc1cc2c(cc1S(=O)(=O)N1CCCCN3C(CO)C(c4ccc(-c5cccc(C)c5C)cc4)C3C1)OCC(=O)N2. The molecule has 3 aliphatic heterocycles. The number of carbonyl (C=O) groups is 1. The lowest BCUT2D eigenvalue weighted by Crippen LogP contribution is -2.67. The van der Waals surface area contributed by atoms with E-state index in [1.165, 1.54) is 22.8 Å². The van der Waals surface area contributed by atoms with Crippen LogP contribution in [-0.4, -0.2) is 73.6 Å². The number of rotatable bonds is 5. The molecule has 1 amide bonds. The maximum Gasteiger partial charge on any atom is 0.262 e. The third kappa shape index (κ3) is 4.95. The molecule has 2 N–H and O–H groups in total. The predicted molar refractivity (Wildman–Crippen MR) is 159 cm³/mol. The van der Waals surface area contributed by atoms with Gasteiger partial charge in [-0.1, -0.05) is 42.5 Å². The summed E-state index contributed by atoms with van der Waals surface area (Å²) in [6.07, 6.45) is 1.60. The number of sulfonamides is 1. The van der Waals surface area contributed by atoms with Gasteiger partial charge in [0.25, 0.3) is 5.91 Å². The Labute approximate surface area is 242 Å². The van der Waals surface area contributed by atoms with E-state index in [9.17, 15) is 18.3 Å². The first-order valence-corrected chi connectivity index (χ1v) is 15.7. The largest absolute Gasteiger partial charge is 0.482 e. The number of carbonyl (C=O) groups excluding carboxylic acids is 1. The van der Waals surface area contributed by atoms with Gasteiger partial charge in [0.15, 0.2) is 6.61 Å². The summed E-state index contributed by atoms with van der Waals surface area (Å²) in [7, 11) is -3.83. The summed E-state index contributed by atoms with van der Waals surface area (Å²) in [5.41, 5.74) is 7.04. The minimum absolute atomic E-state index is 0.0200. The minimum atomic E-state index is -3.83. The average Bonchev–Trinajstić information content (AvgIpc) is 2.93. The van der Waals surface area contributed by atoms with Gasteiger partial charge < -0.3 is 15.2 Å². The highest BCUT2D eigenvalue weighted by Gasteiger charge is 2.50. The van der Waals surface area contributed by atoms with Crippen LogP contribution >= 0.6 is 0 Å². The monoisotopic (exact) mass is 575 g/mol. The van der Waals surface area contributed by atoms with Crippen LogP contribution < -0.4 is 10.1 Å². The zero-order valence-corrected chi connectivity index (χ0v) is 24.6. The molecular formula is C32H37N3O5S. The van der Waals surface area contributed by atoms with E-state index >= 15 is 0 Å². The van der Waals surface area contributed by atoms with Crippen LogP contribution in [0.4, 0.5) is 5.69 Å². The third-order valence-electron chi connectivity index (χ3n) is 9.07. The molecule has 0 saturated carbocycles. The van der Waals surface area contributed by atoms with E-state index in [1.54, 1.807) is 17.3 Å². The summed E-state index contributed by atoms with van der Waals surface area (Å²) in [5, 5.41) is 13.1. The van der Waals surface area contributed by atoms with E-state index in [1.807, 2.05) is 0 Å². The Hall–Kier alpha value is -3.24. The fourth-order valence-corrected chi connectivity index (χ4v) is 8.43. The standard InChI is InChI=1S/C32H37N3O5S/c1-20-7-6-8-25(22(20)3)23-9-11-24(12-10-23)32-27-17-34(13-4-5-14-35(27)28(32)18-36)41(38,39)30-16-29-26(15-21(30)2)33-31(37)19-40-29/h6-12,15-16,27-28,32,36H,4-5,13-14,17-19H2,1-3H3,(H,33,37). The van der Waals surface area contributed by atoms with Crippen molar-refractivity contribution in [2.45, 2.75) is 56.5 Å². The van der Waals surface area contributed by atoms with Gasteiger partial charge in [-0.25, -0.2) is 8.42 Å². The number of aliphatic hydroxyl groups is 1. The lowest BCUT2D eigenvalue weighted by Gasteiger charge is -2.57. The first kappa shape index (κ1) is 27.9. The van der Waals surface area contributed by atoms with Gasteiger partial charge in [-0.15, -0.1) is 0 Å². The molecule has 3 unspecified atom stereocenters. The second kappa shape index (κ2) is 10.9. The molecule has 3 atom stereocenters. The van der Waals surface area contributed by atoms with E-state index in [0.29, 0.717) is 30.1 Å². The Morgan fingerprint density at radius 2 is 1.76 bits per heavy atom. The van der Waals surface area contributed by atoms with Crippen LogP contribution in [0, 0.1) is 20.8 Å². The number of ether oxygens (including phenoxy) is 1. The molecule has 216 valence electrons. The number of aliphatic hydroxyl groups excluding tert-OH is 1. The zero-order chi connectivity index (χ0) is 28.9. The van der Waals surface area contributed by atoms with E-state index in [2.05, 4.69) is 66.5 Å². The molecular weight excluding hydrogens is 538 g/mol. The molecule has 3 heterocycles. The summed E-state index contributed by atoms with van der Waals surface area (Å²) >= 11 is 0. The van der Waals surface area contributed by atoms with Crippen LogP contribution in [-0.2, 0) is 14.8 Å².